The molecule has 0 amide bonds. The zero-order valence-corrected chi connectivity index (χ0v) is 8.12. The Kier molecular flexibility index (Phi) is 2.25. The molecule has 12 heavy (non-hydrogen) atoms. The Balaban J connectivity index is 0.000000720. The zero-order chi connectivity index (χ0) is 8.06. The minimum atomic E-state index is -0.819. The molecule has 0 radical (unpaired) electrons. The Hall–Kier alpha value is -0.440. The zero-order valence-electron chi connectivity index (χ0n) is 6.60. The molecule has 3 N–H and O–H groups in total. The lowest BCUT2D eigenvalue weighted by Gasteiger charge is -2.31. The fourth-order valence-electron chi connectivity index (χ4n) is 1.23. The van der Waals surface area contributed by atoms with Crippen molar-refractivity contribution < 1.29 is 4.74 Å². The van der Waals surface area contributed by atoms with E-state index in [1.165, 1.54) is 0 Å². The summed E-state index contributed by atoms with van der Waals surface area (Å²) < 4.78 is 4.24. The van der Waals surface area contributed by atoms with Gasteiger partial charge >= 0.3 is 0 Å². The molecule has 0 saturated heterocycles. The largest absolute Gasteiger partial charge is 0.496 e. The number of fused-ring (bicyclic) bond motifs is 2. The SMILES string of the molecule is COc1ccc2cc1C2(Cl)Cl.N. The van der Waals surface area contributed by atoms with Crippen LogP contribution in [0.15, 0.2) is 18.2 Å². The van der Waals surface area contributed by atoms with Crippen LogP contribution in [0.2, 0.25) is 0 Å². The van der Waals surface area contributed by atoms with Gasteiger partial charge in [-0.1, -0.05) is 29.3 Å². The van der Waals surface area contributed by atoms with Crippen LogP contribution in [-0.2, 0) is 4.33 Å². The van der Waals surface area contributed by atoms with E-state index in [9.17, 15) is 0 Å². The van der Waals surface area contributed by atoms with E-state index in [0.29, 0.717) is 0 Å². The van der Waals surface area contributed by atoms with Crippen LogP contribution in [0.5, 0.6) is 5.75 Å². The van der Waals surface area contributed by atoms with Crippen molar-refractivity contribution in [3.63, 3.8) is 0 Å². The first-order valence-electron chi connectivity index (χ1n) is 3.23. The predicted molar refractivity (Wildman–Crippen MR) is 50.5 cm³/mol. The Labute approximate surface area is 81.0 Å². The number of alkyl halides is 2. The van der Waals surface area contributed by atoms with Gasteiger partial charge in [-0.25, -0.2) is 0 Å². The normalized spacial score (nSPS) is 15.9. The van der Waals surface area contributed by atoms with E-state index in [2.05, 4.69) is 0 Å². The molecule has 2 aliphatic carbocycles. The summed E-state index contributed by atoms with van der Waals surface area (Å²) in [5.41, 5.74) is 1.80. The molecule has 0 aromatic heterocycles. The molecule has 4 heteroatoms. The second kappa shape index (κ2) is 2.80. The first-order chi connectivity index (χ1) is 5.16. The molecular weight excluding hydrogens is 197 g/mol. The van der Waals surface area contributed by atoms with Gasteiger partial charge in [0, 0.05) is 5.56 Å². The molecule has 1 aromatic carbocycles. The topological polar surface area (TPSA) is 44.2 Å². The van der Waals surface area contributed by atoms with Crippen LogP contribution >= 0.6 is 23.2 Å². The fraction of sp³-hybridized carbons (Fsp3) is 0.250. The summed E-state index contributed by atoms with van der Waals surface area (Å²) >= 11 is 11.9. The smallest absolute Gasteiger partial charge is 0.171 e. The van der Waals surface area contributed by atoms with Crippen molar-refractivity contribution in [2.24, 2.45) is 0 Å². The van der Waals surface area contributed by atoms with E-state index in [1.54, 1.807) is 7.11 Å². The van der Waals surface area contributed by atoms with Gasteiger partial charge in [0.25, 0.3) is 0 Å². The molecule has 0 saturated carbocycles. The monoisotopic (exact) mass is 205 g/mol. The lowest BCUT2D eigenvalue weighted by atomic mass is 9.91. The average Bonchev–Trinajstić information content (AvgIpc) is 2.04. The van der Waals surface area contributed by atoms with Crippen LogP contribution in [0.1, 0.15) is 11.1 Å². The number of halogens is 2. The molecule has 0 aliphatic heterocycles. The number of ether oxygens (including phenoxy) is 1. The van der Waals surface area contributed by atoms with Crippen LogP contribution < -0.4 is 10.9 Å². The summed E-state index contributed by atoms with van der Waals surface area (Å²) in [5.74, 6) is 0.755. The predicted octanol–water partition coefficient (Wildman–Crippen LogP) is 2.85. The van der Waals surface area contributed by atoms with Gasteiger partial charge in [0.1, 0.15) is 5.75 Å². The second-order valence-corrected chi connectivity index (χ2v) is 3.82. The third-order valence-electron chi connectivity index (χ3n) is 1.90. The van der Waals surface area contributed by atoms with Gasteiger partial charge in [0.2, 0.25) is 0 Å². The first kappa shape index (κ1) is 9.65. The van der Waals surface area contributed by atoms with Gasteiger partial charge in [-0.05, 0) is 17.7 Å². The summed E-state index contributed by atoms with van der Waals surface area (Å²) in [4.78, 5) is 0. The van der Waals surface area contributed by atoms with Gasteiger partial charge in [0.15, 0.2) is 4.33 Å². The standard InChI is InChI=1S/C8H6Cl2O.H3N/c1-11-7-3-2-5-4-6(7)8(5,9)10;/h2-4H,1H3;1H3. The van der Waals surface area contributed by atoms with Crippen molar-refractivity contribution in [1.82, 2.24) is 6.15 Å². The highest BCUT2D eigenvalue weighted by Gasteiger charge is 2.40. The van der Waals surface area contributed by atoms with Crippen molar-refractivity contribution in [3.05, 3.63) is 29.3 Å². The minimum Gasteiger partial charge on any atom is -0.496 e. The van der Waals surface area contributed by atoms with Gasteiger partial charge in [-0.15, -0.1) is 0 Å². The van der Waals surface area contributed by atoms with Crippen LogP contribution in [-0.4, -0.2) is 7.11 Å². The molecule has 2 nitrogen and oxygen atoms in total. The lowest BCUT2D eigenvalue weighted by molar-refractivity contribution is 0.406. The average molecular weight is 206 g/mol. The quantitative estimate of drug-likeness (QED) is 0.718. The second-order valence-electron chi connectivity index (χ2n) is 2.49. The summed E-state index contributed by atoms with van der Waals surface area (Å²) in [7, 11) is 1.60. The van der Waals surface area contributed by atoms with Gasteiger partial charge in [-0.2, -0.15) is 0 Å². The molecule has 1 aromatic rings. The summed E-state index contributed by atoms with van der Waals surface area (Å²) in [6, 6.07) is 5.67. The van der Waals surface area contributed by atoms with Gasteiger partial charge in [-0.3, -0.25) is 0 Å². The molecular formula is C8H9Cl2NO. The van der Waals surface area contributed by atoms with Crippen LogP contribution in [0, 0.1) is 0 Å². The number of methoxy groups -OCH3 is 1. The number of hydrogen-bond acceptors (Lipinski definition) is 2. The third kappa shape index (κ3) is 0.993. The number of rotatable bonds is 1. The van der Waals surface area contributed by atoms with Crippen LogP contribution in [0.25, 0.3) is 0 Å². The first-order valence-corrected chi connectivity index (χ1v) is 3.98. The van der Waals surface area contributed by atoms with Gasteiger partial charge in [0.05, 0.1) is 7.11 Å². The van der Waals surface area contributed by atoms with E-state index in [4.69, 9.17) is 27.9 Å². The molecule has 0 atom stereocenters. The summed E-state index contributed by atoms with van der Waals surface area (Å²) in [5, 5.41) is 0. The van der Waals surface area contributed by atoms with Gasteiger partial charge < -0.3 is 10.9 Å². The highest BCUT2D eigenvalue weighted by atomic mass is 35.5. The molecule has 0 fully saturated rings. The maximum Gasteiger partial charge on any atom is 0.171 e. The van der Waals surface area contributed by atoms with Crippen molar-refractivity contribution in [2.45, 2.75) is 4.33 Å². The van der Waals surface area contributed by atoms with Crippen molar-refractivity contribution in [2.75, 3.05) is 7.11 Å². The van der Waals surface area contributed by atoms with E-state index in [1.807, 2.05) is 18.2 Å². The van der Waals surface area contributed by atoms with Crippen molar-refractivity contribution >= 4 is 23.2 Å². The Morgan fingerprint density at radius 1 is 1.33 bits per heavy atom. The maximum atomic E-state index is 5.95. The minimum absolute atomic E-state index is 0. The Morgan fingerprint density at radius 3 is 2.33 bits per heavy atom. The molecule has 0 heterocycles. The molecule has 66 valence electrons. The lowest BCUT2D eigenvalue weighted by Crippen LogP contribution is -2.22. The number of benzene rings is 1. The molecule has 2 aliphatic rings. The molecule has 3 rings (SSSR count). The van der Waals surface area contributed by atoms with E-state index >= 15 is 0 Å². The van der Waals surface area contributed by atoms with E-state index in [-0.39, 0.29) is 6.15 Å². The fourth-order valence-corrected chi connectivity index (χ4v) is 1.76. The van der Waals surface area contributed by atoms with Crippen LogP contribution in [0.3, 0.4) is 0 Å². The third-order valence-corrected chi connectivity index (χ3v) is 2.74. The highest BCUT2D eigenvalue weighted by molar-refractivity contribution is 6.51. The Bertz CT molecular complexity index is 308. The summed E-state index contributed by atoms with van der Waals surface area (Å²) in [6.45, 7) is 0. The summed E-state index contributed by atoms with van der Waals surface area (Å²) in [6.07, 6.45) is 0. The van der Waals surface area contributed by atoms with Crippen molar-refractivity contribution in [1.29, 1.82) is 0 Å². The van der Waals surface area contributed by atoms with E-state index < -0.39 is 4.33 Å². The molecule has 2 bridgehead atoms. The maximum absolute atomic E-state index is 5.95. The van der Waals surface area contributed by atoms with E-state index in [0.717, 1.165) is 16.9 Å². The highest BCUT2D eigenvalue weighted by Crippen LogP contribution is 2.52. The number of hydrogen-bond donors (Lipinski definition) is 1. The van der Waals surface area contributed by atoms with Crippen LogP contribution in [0.4, 0.5) is 0 Å². The van der Waals surface area contributed by atoms with Crippen molar-refractivity contribution in [3.8, 4) is 5.75 Å². The molecule has 0 unspecified atom stereocenters. The Morgan fingerprint density at radius 2 is 2.00 bits per heavy atom. The molecule has 0 spiro atoms.